The number of hydrogen-bond acceptors (Lipinski definition) is 1. The maximum absolute atomic E-state index is 13.2. The van der Waals surface area contributed by atoms with Crippen molar-refractivity contribution in [3.63, 3.8) is 0 Å². The lowest BCUT2D eigenvalue weighted by Crippen LogP contribution is -2.24. The highest BCUT2D eigenvalue weighted by Gasteiger charge is 2.11. The standard InChI is InChI=1S/C12H15BrFNO/c1-2-3-4-8-15-12(16)9-6-5-7-10(14)11(9)13/h5-7H,2-4,8H2,1H3,(H,15,16). The summed E-state index contributed by atoms with van der Waals surface area (Å²) in [6.45, 7) is 2.74. The topological polar surface area (TPSA) is 29.1 Å². The van der Waals surface area contributed by atoms with Crippen LogP contribution in [0.5, 0.6) is 0 Å². The van der Waals surface area contributed by atoms with E-state index in [0.29, 0.717) is 12.1 Å². The number of carbonyl (C=O) groups is 1. The molecule has 0 aliphatic rings. The van der Waals surface area contributed by atoms with Gasteiger partial charge in [0.25, 0.3) is 5.91 Å². The first kappa shape index (κ1) is 13.2. The zero-order valence-corrected chi connectivity index (χ0v) is 10.8. The number of nitrogens with one attached hydrogen (secondary N) is 1. The molecule has 1 N–H and O–H groups in total. The third kappa shape index (κ3) is 3.59. The zero-order chi connectivity index (χ0) is 12.0. The summed E-state index contributed by atoms with van der Waals surface area (Å²) in [4.78, 5) is 11.7. The number of amides is 1. The number of unbranched alkanes of at least 4 members (excludes halogenated alkanes) is 2. The molecule has 0 aliphatic heterocycles. The maximum Gasteiger partial charge on any atom is 0.252 e. The summed E-state index contributed by atoms with van der Waals surface area (Å²) in [5, 5.41) is 2.77. The van der Waals surface area contributed by atoms with E-state index in [2.05, 4.69) is 28.2 Å². The zero-order valence-electron chi connectivity index (χ0n) is 9.22. The van der Waals surface area contributed by atoms with Crippen molar-refractivity contribution in [2.45, 2.75) is 26.2 Å². The van der Waals surface area contributed by atoms with Crippen LogP contribution in [0.25, 0.3) is 0 Å². The van der Waals surface area contributed by atoms with Gasteiger partial charge in [-0.25, -0.2) is 4.39 Å². The monoisotopic (exact) mass is 287 g/mol. The lowest BCUT2D eigenvalue weighted by molar-refractivity contribution is 0.0951. The summed E-state index contributed by atoms with van der Waals surface area (Å²) in [5.74, 6) is -0.649. The van der Waals surface area contributed by atoms with Crippen molar-refractivity contribution in [2.24, 2.45) is 0 Å². The normalized spacial score (nSPS) is 10.2. The van der Waals surface area contributed by atoms with E-state index in [9.17, 15) is 9.18 Å². The fraction of sp³-hybridized carbons (Fsp3) is 0.417. The fourth-order valence-corrected chi connectivity index (χ4v) is 1.80. The van der Waals surface area contributed by atoms with Crippen molar-refractivity contribution in [1.82, 2.24) is 5.32 Å². The van der Waals surface area contributed by atoms with Crippen LogP contribution >= 0.6 is 15.9 Å². The average molecular weight is 288 g/mol. The first-order chi connectivity index (χ1) is 7.66. The molecule has 0 saturated carbocycles. The van der Waals surface area contributed by atoms with Gasteiger partial charge in [-0.2, -0.15) is 0 Å². The van der Waals surface area contributed by atoms with Crippen molar-refractivity contribution >= 4 is 21.8 Å². The van der Waals surface area contributed by atoms with Gasteiger partial charge < -0.3 is 5.32 Å². The summed E-state index contributed by atoms with van der Waals surface area (Å²) in [6, 6.07) is 4.45. The number of hydrogen-bond donors (Lipinski definition) is 1. The average Bonchev–Trinajstić information content (AvgIpc) is 2.28. The third-order valence-electron chi connectivity index (χ3n) is 2.26. The Kier molecular flexibility index (Phi) is 5.46. The van der Waals surface area contributed by atoms with E-state index in [4.69, 9.17) is 0 Å². The van der Waals surface area contributed by atoms with Crippen LogP contribution in [0.2, 0.25) is 0 Å². The molecule has 0 spiro atoms. The Balaban J connectivity index is 2.56. The molecular formula is C12H15BrFNO. The lowest BCUT2D eigenvalue weighted by atomic mass is 10.2. The van der Waals surface area contributed by atoms with Crippen LogP contribution in [0.15, 0.2) is 22.7 Å². The van der Waals surface area contributed by atoms with Crippen LogP contribution in [0, 0.1) is 5.82 Å². The molecule has 4 heteroatoms. The molecule has 2 nitrogen and oxygen atoms in total. The van der Waals surface area contributed by atoms with E-state index in [1.165, 1.54) is 12.1 Å². The minimum Gasteiger partial charge on any atom is -0.352 e. The molecule has 88 valence electrons. The van der Waals surface area contributed by atoms with Crippen LogP contribution in [0.1, 0.15) is 36.5 Å². The molecule has 0 atom stereocenters. The van der Waals surface area contributed by atoms with Gasteiger partial charge >= 0.3 is 0 Å². The molecule has 0 aromatic heterocycles. The fourth-order valence-electron chi connectivity index (χ4n) is 1.35. The van der Waals surface area contributed by atoms with E-state index >= 15 is 0 Å². The first-order valence-electron chi connectivity index (χ1n) is 5.39. The predicted molar refractivity (Wildman–Crippen MR) is 66.0 cm³/mol. The van der Waals surface area contributed by atoms with Crippen LogP contribution < -0.4 is 5.32 Å². The largest absolute Gasteiger partial charge is 0.352 e. The van der Waals surface area contributed by atoms with E-state index in [1.54, 1.807) is 6.07 Å². The second-order valence-corrected chi connectivity index (χ2v) is 4.36. The number of carbonyl (C=O) groups excluding carboxylic acids is 1. The third-order valence-corrected chi connectivity index (χ3v) is 3.07. The molecule has 1 aromatic rings. The summed E-state index contributed by atoms with van der Waals surface area (Å²) < 4.78 is 13.4. The minimum absolute atomic E-state index is 0.225. The SMILES string of the molecule is CCCCCNC(=O)c1cccc(F)c1Br. The molecule has 0 fully saturated rings. The van der Waals surface area contributed by atoms with E-state index in [1.807, 2.05) is 0 Å². The van der Waals surface area contributed by atoms with Gasteiger partial charge in [0.15, 0.2) is 0 Å². The van der Waals surface area contributed by atoms with Gasteiger partial charge in [0.05, 0.1) is 10.0 Å². The van der Waals surface area contributed by atoms with Gasteiger partial charge in [-0.05, 0) is 34.5 Å². The molecule has 0 bridgehead atoms. The van der Waals surface area contributed by atoms with Crippen LogP contribution in [0.3, 0.4) is 0 Å². The molecule has 0 heterocycles. The maximum atomic E-state index is 13.2. The van der Waals surface area contributed by atoms with Crippen molar-refractivity contribution < 1.29 is 9.18 Å². The van der Waals surface area contributed by atoms with Gasteiger partial charge in [0.2, 0.25) is 0 Å². The van der Waals surface area contributed by atoms with Gasteiger partial charge in [-0.3, -0.25) is 4.79 Å². The Morgan fingerprint density at radius 1 is 1.44 bits per heavy atom. The molecule has 0 saturated heterocycles. The first-order valence-corrected chi connectivity index (χ1v) is 6.18. The number of benzene rings is 1. The molecule has 0 aliphatic carbocycles. The second-order valence-electron chi connectivity index (χ2n) is 3.56. The van der Waals surface area contributed by atoms with Gasteiger partial charge in [-0.1, -0.05) is 25.8 Å². The molecule has 1 aromatic carbocycles. The van der Waals surface area contributed by atoms with E-state index in [0.717, 1.165) is 19.3 Å². The Bertz CT molecular complexity index is 368. The lowest BCUT2D eigenvalue weighted by Gasteiger charge is -2.06. The highest BCUT2D eigenvalue weighted by molar-refractivity contribution is 9.10. The summed E-state index contributed by atoms with van der Waals surface area (Å²) in [5.41, 5.74) is 0.344. The Morgan fingerprint density at radius 2 is 2.19 bits per heavy atom. The van der Waals surface area contributed by atoms with Crippen molar-refractivity contribution in [2.75, 3.05) is 6.54 Å². The van der Waals surface area contributed by atoms with Gasteiger partial charge in [0.1, 0.15) is 5.82 Å². The molecule has 0 unspecified atom stereocenters. The van der Waals surface area contributed by atoms with Crippen molar-refractivity contribution in [1.29, 1.82) is 0 Å². The number of rotatable bonds is 5. The van der Waals surface area contributed by atoms with Crippen molar-refractivity contribution in [3.8, 4) is 0 Å². The van der Waals surface area contributed by atoms with E-state index < -0.39 is 5.82 Å². The van der Waals surface area contributed by atoms with Gasteiger partial charge in [-0.15, -0.1) is 0 Å². The highest BCUT2D eigenvalue weighted by atomic mass is 79.9. The molecule has 1 rings (SSSR count). The Hall–Kier alpha value is -0.900. The Labute approximate surface area is 103 Å². The highest BCUT2D eigenvalue weighted by Crippen LogP contribution is 2.20. The van der Waals surface area contributed by atoms with Crippen molar-refractivity contribution in [3.05, 3.63) is 34.1 Å². The molecule has 16 heavy (non-hydrogen) atoms. The second kappa shape index (κ2) is 6.63. The minimum atomic E-state index is -0.416. The summed E-state index contributed by atoms with van der Waals surface area (Å²) in [7, 11) is 0. The number of halogens is 2. The summed E-state index contributed by atoms with van der Waals surface area (Å²) >= 11 is 3.07. The predicted octanol–water partition coefficient (Wildman–Crippen LogP) is 3.51. The van der Waals surface area contributed by atoms with Gasteiger partial charge in [0, 0.05) is 6.54 Å². The van der Waals surface area contributed by atoms with Crippen LogP contribution in [0.4, 0.5) is 4.39 Å². The van der Waals surface area contributed by atoms with E-state index in [-0.39, 0.29) is 10.4 Å². The van der Waals surface area contributed by atoms with Crippen LogP contribution in [-0.4, -0.2) is 12.5 Å². The molecular weight excluding hydrogens is 273 g/mol. The quantitative estimate of drug-likeness (QED) is 0.825. The molecule has 0 radical (unpaired) electrons. The smallest absolute Gasteiger partial charge is 0.252 e. The Morgan fingerprint density at radius 3 is 2.88 bits per heavy atom. The van der Waals surface area contributed by atoms with Crippen LogP contribution in [-0.2, 0) is 0 Å². The molecule has 1 amide bonds. The summed E-state index contributed by atoms with van der Waals surface area (Å²) in [6.07, 6.45) is 3.15.